The Labute approximate surface area is 155 Å². The molecule has 5 nitrogen and oxygen atoms in total. The average Bonchev–Trinajstić information content (AvgIpc) is 2.70. The SMILES string of the molecule is COC1=CCC(C(ON)c2ccc(OC3CCCCC3)cc2)C(OC)=C1. The highest BCUT2D eigenvalue weighted by molar-refractivity contribution is 5.32. The van der Waals surface area contributed by atoms with Gasteiger partial charge in [-0.25, -0.2) is 5.90 Å². The van der Waals surface area contributed by atoms with E-state index in [1.54, 1.807) is 14.2 Å². The fraction of sp³-hybridized carbons (Fsp3) is 0.524. The van der Waals surface area contributed by atoms with Crippen molar-refractivity contribution in [3.05, 3.63) is 53.5 Å². The van der Waals surface area contributed by atoms with Crippen LogP contribution in [0.2, 0.25) is 0 Å². The lowest BCUT2D eigenvalue weighted by atomic mass is 9.88. The molecule has 2 aliphatic rings. The fourth-order valence-electron chi connectivity index (χ4n) is 3.81. The molecule has 2 unspecified atom stereocenters. The number of ether oxygens (including phenoxy) is 3. The molecular formula is C21H29NO4. The van der Waals surface area contributed by atoms with Gasteiger partial charge in [-0.1, -0.05) is 18.6 Å². The van der Waals surface area contributed by atoms with Crippen molar-refractivity contribution >= 4 is 0 Å². The summed E-state index contributed by atoms with van der Waals surface area (Å²) in [6, 6.07) is 8.06. The largest absolute Gasteiger partial charge is 0.501 e. The van der Waals surface area contributed by atoms with E-state index in [0.29, 0.717) is 6.10 Å². The summed E-state index contributed by atoms with van der Waals surface area (Å²) in [7, 11) is 3.31. The zero-order valence-corrected chi connectivity index (χ0v) is 15.6. The van der Waals surface area contributed by atoms with E-state index >= 15 is 0 Å². The number of methoxy groups -OCH3 is 2. The molecule has 1 aromatic rings. The molecule has 142 valence electrons. The second kappa shape index (κ2) is 9.10. The lowest BCUT2D eigenvalue weighted by molar-refractivity contribution is 0.00387. The maximum atomic E-state index is 6.11. The average molecular weight is 359 g/mol. The molecular weight excluding hydrogens is 330 g/mol. The summed E-state index contributed by atoms with van der Waals surface area (Å²) in [6.07, 6.45) is 10.8. The molecule has 0 heterocycles. The van der Waals surface area contributed by atoms with Gasteiger partial charge in [0.25, 0.3) is 0 Å². The molecule has 0 saturated heterocycles. The molecule has 2 N–H and O–H groups in total. The first-order valence-corrected chi connectivity index (χ1v) is 9.37. The second-order valence-corrected chi connectivity index (χ2v) is 6.91. The van der Waals surface area contributed by atoms with Crippen LogP contribution in [0.15, 0.2) is 47.9 Å². The van der Waals surface area contributed by atoms with E-state index in [2.05, 4.69) is 0 Å². The van der Waals surface area contributed by atoms with Crippen LogP contribution in [0.25, 0.3) is 0 Å². The first kappa shape index (κ1) is 18.8. The van der Waals surface area contributed by atoms with Crippen molar-refractivity contribution in [1.82, 2.24) is 0 Å². The summed E-state index contributed by atoms with van der Waals surface area (Å²) in [5.74, 6) is 8.16. The summed E-state index contributed by atoms with van der Waals surface area (Å²) >= 11 is 0. The number of rotatable bonds is 7. The van der Waals surface area contributed by atoms with Gasteiger partial charge in [-0.3, -0.25) is 4.84 Å². The highest BCUT2D eigenvalue weighted by Gasteiger charge is 2.30. The van der Waals surface area contributed by atoms with Gasteiger partial charge < -0.3 is 14.2 Å². The van der Waals surface area contributed by atoms with E-state index in [-0.39, 0.29) is 12.0 Å². The van der Waals surface area contributed by atoms with Gasteiger partial charge in [-0.15, -0.1) is 0 Å². The predicted molar refractivity (Wildman–Crippen MR) is 100 cm³/mol. The minimum atomic E-state index is -0.292. The topological polar surface area (TPSA) is 62.9 Å². The Morgan fingerprint density at radius 3 is 2.35 bits per heavy atom. The van der Waals surface area contributed by atoms with E-state index in [4.69, 9.17) is 24.9 Å². The molecule has 1 fully saturated rings. The zero-order chi connectivity index (χ0) is 18.4. The van der Waals surface area contributed by atoms with Crippen molar-refractivity contribution in [3.8, 4) is 5.75 Å². The molecule has 0 bridgehead atoms. The standard InChI is InChI=1S/C21H29NO4/c1-23-18-12-13-19(20(14-18)24-2)21(26-22)15-8-10-17(11-9-15)25-16-6-4-3-5-7-16/h8-12,14,16,19,21H,3-7,13,22H2,1-2H3. The van der Waals surface area contributed by atoms with Gasteiger partial charge in [0.2, 0.25) is 0 Å². The number of nitrogens with two attached hydrogens (primary N) is 1. The Morgan fingerprint density at radius 1 is 1.00 bits per heavy atom. The van der Waals surface area contributed by atoms with E-state index in [1.165, 1.54) is 19.3 Å². The summed E-state index contributed by atoms with van der Waals surface area (Å²) < 4.78 is 16.9. The van der Waals surface area contributed by atoms with Crippen LogP contribution in [0.1, 0.15) is 50.2 Å². The molecule has 1 saturated carbocycles. The Kier molecular flexibility index (Phi) is 6.58. The molecule has 0 aromatic heterocycles. The van der Waals surface area contributed by atoms with Crippen LogP contribution in [-0.4, -0.2) is 20.3 Å². The van der Waals surface area contributed by atoms with Gasteiger partial charge in [0.1, 0.15) is 23.4 Å². The molecule has 0 amide bonds. The number of hydrogen-bond donors (Lipinski definition) is 1. The van der Waals surface area contributed by atoms with Crippen LogP contribution < -0.4 is 10.6 Å². The molecule has 2 atom stereocenters. The highest BCUT2D eigenvalue weighted by Crippen LogP contribution is 2.37. The van der Waals surface area contributed by atoms with Crippen molar-refractivity contribution in [2.45, 2.75) is 50.7 Å². The third-order valence-electron chi connectivity index (χ3n) is 5.27. The van der Waals surface area contributed by atoms with Gasteiger partial charge in [0.05, 0.1) is 26.2 Å². The van der Waals surface area contributed by atoms with E-state index < -0.39 is 0 Å². The van der Waals surface area contributed by atoms with Gasteiger partial charge in [0, 0.05) is 6.08 Å². The van der Waals surface area contributed by atoms with Crippen LogP contribution in [-0.2, 0) is 14.3 Å². The van der Waals surface area contributed by atoms with Crippen molar-refractivity contribution < 1.29 is 19.0 Å². The number of benzene rings is 1. The summed E-state index contributed by atoms with van der Waals surface area (Å²) in [5, 5.41) is 0. The maximum Gasteiger partial charge on any atom is 0.119 e. The van der Waals surface area contributed by atoms with Gasteiger partial charge in [-0.05, 0) is 55.9 Å². The summed E-state index contributed by atoms with van der Waals surface area (Å²) in [6.45, 7) is 0. The normalized spacial score (nSPS) is 22.2. The summed E-state index contributed by atoms with van der Waals surface area (Å²) in [5.41, 5.74) is 1.01. The Balaban J connectivity index is 1.70. The number of hydrogen-bond acceptors (Lipinski definition) is 5. The van der Waals surface area contributed by atoms with Crippen molar-refractivity contribution in [1.29, 1.82) is 0 Å². The maximum absolute atomic E-state index is 6.11. The Hall–Kier alpha value is -1.98. The van der Waals surface area contributed by atoms with Crippen LogP contribution in [0.4, 0.5) is 0 Å². The predicted octanol–water partition coefficient (Wildman–Crippen LogP) is 4.41. The molecule has 1 aromatic carbocycles. The molecule has 3 rings (SSSR count). The van der Waals surface area contributed by atoms with Gasteiger partial charge in [0.15, 0.2) is 0 Å². The van der Waals surface area contributed by atoms with Crippen molar-refractivity contribution in [2.24, 2.45) is 11.8 Å². The van der Waals surface area contributed by atoms with E-state index in [9.17, 15) is 0 Å². The smallest absolute Gasteiger partial charge is 0.119 e. The van der Waals surface area contributed by atoms with Crippen LogP contribution in [0.3, 0.4) is 0 Å². The van der Waals surface area contributed by atoms with Crippen LogP contribution in [0.5, 0.6) is 5.75 Å². The van der Waals surface area contributed by atoms with Gasteiger partial charge >= 0.3 is 0 Å². The molecule has 0 radical (unpaired) electrons. The monoisotopic (exact) mass is 359 g/mol. The minimum Gasteiger partial charge on any atom is -0.501 e. The second-order valence-electron chi connectivity index (χ2n) is 6.91. The first-order chi connectivity index (χ1) is 12.7. The molecule has 5 heteroatoms. The lowest BCUT2D eigenvalue weighted by Gasteiger charge is -2.29. The zero-order valence-electron chi connectivity index (χ0n) is 15.6. The fourth-order valence-corrected chi connectivity index (χ4v) is 3.81. The molecule has 0 spiro atoms. The van der Waals surface area contributed by atoms with Crippen LogP contribution >= 0.6 is 0 Å². The summed E-state index contributed by atoms with van der Waals surface area (Å²) in [4.78, 5) is 5.33. The first-order valence-electron chi connectivity index (χ1n) is 9.37. The molecule has 0 aliphatic heterocycles. The quantitative estimate of drug-likeness (QED) is 0.731. The third kappa shape index (κ3) is 4.40. The van der Waals surface area contributed by atoms with Crippen LogP contribution in [0, 0.1) is 5.92 Å². The highest BCUT2D eigenvalue weighted by atomic mass is 16.6. The van der Waals surface area contributed by atoms with E-state index in [1.807, 2.05) is 36.4 Å². The Morgan fingerprint density at radius 2 is 1.73 bits per heavy atom. The van der Waals surface area contributed by atoms with E-state index in [0.717, 1.165) is 42.1 Å². The molecule has 26 heavy (non-hydrogen) atoms. The van der Waals surface area contributed by atoms with Crippen molar-refractivity contribution in [3.63, 3.8) is 0 Å². The van der Waals surface area contributed by atoms with Crippen molar-refractivity contribution in [2.75, 3.05) is 14.2 Å². The lowest BCUT2D eigenvalue weighted by Crippen LogP contribution is -2.23. The molecule has 2 aliphatic carbocycles. The third-order valence-corrected chi connectivity index (χ3v) is 5.27. The Bertz CT molecular complexity index is 632. The van der Waals surface area contributed by atoms with Gasteiger partial charge in [-0.2, -0.15) is 0 Å². The number of allylic oxidation sites excluding steroid dienone is 2. The minimum absolute atomic E-state index is 0.00835.